The highest BCUT2D eigenvalue weighted by Gasteiger charge is 2.30. The Morgan fingerprint density at radius 2 is 1.77 bits per heavy atom. The first-order valence-corrected chi connectivity index (χ1v) is 9.75. The molecular weight excluding hydrogens is 427 g/mol. The van der Waals surface area contributed by atoms with Crippen LogP contribution < -0.4 is 0 Å². The van der Waals surface area contributed by atoms with Gasteiger partial charge in [-0.1, -0.05) is 47.5 Å². The lowest BCUT2D eigenvalue weighted by Gasteiger charge is -2.14. The second-order valence-electron chi connectivity index (χ2n) is 6.61. The monoisotopic (exact) mass is 442 g/mol. The van der Waals surface area contributed by atoms with Gasteiger partial charge in [-0.25, -0.2) is 9.79 Å². The van der Waals surface area contributed by atoms with E-state index < -0.39 is 18.3 Å². The molecule has 1 aliphatic rings. The molecule has 152 valence electrons. The van der Waals surface area contributed by atoms with E-state index in [0.29, 0.717) is 38.0 Å². The number of fused-ring (bicyclic) bond motifs is 3. The van der Waals surface area contributed by atoms with Gasteiger partial charge in [-0.05, 0) is 23.8 Å². The van der Waals surface area contributed by atoms with Gasteiger partial charge in [0.25, 0.3) is 0 Å². The molecule has 6 nitrogen and oxygen atoms in total. The van der Waals surface area contributed by atoms with E-state index in [1.165, 1.54) is 18.6 Å². The van der Waals surface area contributed by atoms with Crippen LogP contribution in [0.5, 0.6) is 0 Å². The first kappa shape index (κ1) is 20.2. The number of methoxy groups -OCH3 is 1. The van der Waals surface area contributed by atoms with Crippen LogP contribution in [0.2, 0.25) is 10.0 Å². The van der Waals surface area contributed by atoms with Gasteiger partial charge >= 0.3 is 12.1 Å². The van der Waals surface area contributed by atoms with Crippen molar-refractivity contribution in [2.75, 3.05) is 7.11 Å². The molecule has 3 aromatic rings. The van der Waals surface area contributed by atoms with Gasteiger partial charge in [-0.15, -0.1) is 0 Å². The molecule has 0 bridgehead atoms. The zero-order valence-electron chi connectivity index (χ0n) is 16.1. The lowest BCUT2D eigenvalue weighted by Crippen LogP contribution is -2.12. The first-order valence-electron chi connectivity index (χ1n) is 8.99. The van der Waals surface area contributed by atoms with Gasteiger partial charge in [0, 0.05) is 51.6 Å². The number of carbonyl (C=O) groups excluding carboxylic acids is 2. The maximum atomic E-state index is 12.1. The summed E-state index contributed by atoms with van der Waals surface area (Å²) in [4.78, 5) is 28.7. The summed E-state index contributed by atoms with van der Waals surface area (Å²) in [5, 5.41) is 1.00. The fourth-order valence-electron chi connectivity index (χ4n) is 3.42. The van der Waals surface area contributed by atoms with Crippen molar-refractivity contribution >= 4 is 41.0 Å². The second-order valence-corrected chi connectivity index (χ2v) is 7.46. The highest BCUT2D eigenvalue weighted by atomic mass is 35.5. The van der Waals surface area contributed by atoms with E-state index in [4.69, 9.17) is 37.7 Å². The van der Waals surface area contributed by atoms with Crippen LogP contribution in [0.3, 0.4) is 0 Å². The first-order chi connectivity index (χ1) is 14.4. The number of hydrogen-bond donors (Lipinski definition) is 0. The van der Waals surface area contributed by atoms with Crippen LogP contribution in [0.1, 0.15) is 29.8 Å². The van der Waals surface area contributed by atoms with E-state index in [2.05, 4.69) is 0 Å². The number of carbonyl (C=O) groups is 2. The molecule has 2 aromatic carbocycles. The SMILES string of the molecule is COC(=O)n1cc2c(c1)C(OC(C)=O)N=C(c1ccccc1Cl)c1cc(Cl)ccc1-2. The Morgan fingerprint density at radius 3 is 2.47 bits per heavy atom. The van der Waals surface area contributed by atoms with E-state index >= 15 is 0 Å². The van der Waals surface area contributed by atoms with E-state index in [0.717, 1.165) is 5.56 Å². The number of aliphatic imine (C=N–C) groups is 1. The number of aromatic nitrogens is 1. The molecule has 0 spiro atoms. The van der Waals surface area contributed by atoms with Crippen LogP contribution in [-0.4, -0.2) is 29.5 Å². The molecule has 30 heavy (non-hydrogen) atoms. The van der Waals surface area contributed by atoms with Crippen molar-refractivity contribution < 1.29 is 19.1 Å². The van der Waals surface area contributed by atoms with E-state index in [1.54, 1.807) is 30.6 Å². The van der Waals surface area contributed by atoms with Crippen molar-refractivity contribution in [3.8, 4) is 11.1 Å². The molecule has 0 radical (unpaired) electrons. The Hall–Kier alpha value is -3.09. The van der Waals surface area contributed by atoms with Gasteiger partial charge < -0.3 is 9.47 Å². The molecule has 1 aromatic heterocycles. The summed E-state index contributed by atoms with van der Waals surface area (Å²) >= 11 is 12.8. The number of esters is 1. The van der Waals surface area contributed by atoms with Gasteiger partial charge in [0.1, 0.15) is 0 Å². The summed E-state index contributed by atoms with van der Waals surface area (Å²) in [6.07, 6.45) is 1.61. The van der Waals surface area contributed by atoms with Gasteiger partial charge in [0.2, 0.25) is 6.23 Å². The zero-order chi connectivity index (χ0) is 21.4. The fourth-order valence-corrected chi connectivity index (χ4v) is 3.82. The Morgan fingerprint density at radius 1 is 1.00 bits per heavy atom. The lowest BCUT2D eigenvalue weighted by atomic mass is 9.94. The molecule has 1 unspecified atom stereocenters. The van der Waals surface area contributed by atoms with Crippen LogP contribution in [0.4, 0.5) is 4.79 Å². The van der Waals surface area contributed by atoms with Crippen LogP contribution in [0.25, 0.3) is 11.1 Å². The third-order valence-electron chi connectivity index (χ3n) is 4.69. The average molecular weight is 443 g/mol. The summed E-state index contributed by atoms with van der Waals surface area (Å²) in [5.41, 5.74) is 3.89. The van der Waals surface area contributed by atoms with Gasteiger partial charge in [-0.3, -0.25) is 9.36 Å². The lowest BCUT2D eigenvalue weighted by molar-refractivity contribution is -0.146. The normalized spacial score (nSPS) is 14.8. The third kappa shape index (κ3) is 3.60. The van der Waals surface area contributed by atoms with Gasteiger partial charge in [0.15, 0.2) is 0 Å². The predicted molar refractivity (Wildman–Crippen MR) is 114 cm³/mol. The standard InChI is InChI=1S/C22H16Cl2N2O4/c1-12(27)30-21-18-11-26(22(28)29-2)10-17(18)14-8-7-13(23)9-16(14)20(25-21)15-5-3-4-6-19(15)24/h3-11,21H,1-2H3. The molecular formula is C22H16Cl2N2O4. The number of halogens is 2. The molecule has 4 rings (SSSR count). The highest BCUT2D eigenvalue weighted by molar-refractivity contribution is 6.36. The predicted octanol–water partition coefficient (Wildman–Crippen LogP) is 5.49. The topological polar surface area (TPSA) is 69.9 Å². The van der Waals surface area contributed by atoms with Gasteiger partial charge in [0.05, 0.1) is 12.8 Å². The second kappa shape index (κ2) is 7.97. The maximum Gasteiger partial charge on any atom is 0.417 e. The Kier molecular flexibility index (Phi) is 5.37. The largest absolute Gasteiger partial charge is 0.452 e. The van der Waals surface area contributed by atoms with Crippen molar-refractivity contribution in [1.82, 2.24) is 4.57 Å². The molecule has 0 saturated heterocycles. The van der Waals surface area contributed by atoms with Crippen molar-refractivity contribution in [2.24, 2.45) is 4.99 Å². The molecule has 0 saturated carbocycles. The summed E-state index contributed by atoms with van der Waals surface area (Å²) in [6.45, 7) is 1.30. The van der Waals surface area contributed by atoms with Gasteiger partial charge in [-0.2, -0.15) is 0 Å². The molecule has 2 heterocycles. The minimum absolute atomic E-state index is 0.495. The number of ether oxygens (including phenoxy) is 2. The summed E-state index contributed by atoms with van der Waals surface area (Å²) in [5.74, 6) is -0.511. The summed E-state index contributed by atoms with van der Waals surface area (Å²) in [6, 6.07) is 12.6. The van der Waals surface area contributed by atoms with E-state index in [9.17, 15) is 9.59 Å². The minimum Gasteiger partial charge on any atom is -0.452 e. The van der Waals surface area contributed by atoms with Crippen LogP contribution in [0.15, 0.2) is 59.9 Å². The Bertz CT molecular complexity index is 1200. The van der Waals surface area contributed by atoms with E-state index in [1.807, 2.05) is 24.3 Å². The Labute approximate surface area is 182 Å². The van der Waals surface area contributed by atoms with E-state index in [-0.39, 0.29) is 0 Å². The van der Waals surface area contributed by atoms with Crippen molar-refractivity contribution in [2.45, 2.75) is 13.2 Å². The highest BCUT2D eigenvalue weighted by Crippen LogP contribution is 2.40. The molecule has 0 fully saturated rings. The number of benzene rings is 2. The maximum absolute atomic E-state index is 12.1. The third-order valence-corrected chi connectivity index (χ3v) is 5.25. The number of nitrogens with zero attached hydrogens (tertiary/aromatic N) is 2. The molecule has 1 atom stereocenters. The summed E-state index contributed by atoms with van der Waals surface area (Å²) < 4.78 is 11.6. The fraction of sp³-hybridized carbons (Fsp3) is 0.136. The quantitative estimate of drug-likeness (QED) is 0.492. The Balaban J connectivity index is 2.03. The molecule has 0 amide bonds. The smallest absolute Gasteiger partial charge is 0.417 e. The number of hydrogen-bond acceptors (Lipinski definition) is 5. The van der Waals surface area contributed by atoms with Crippen LogP contribution >= 0.6 is 23.2 Å². The summed E-state index contributed by atoms with van der Waals surface area (Å²) in [7, 11) is 1.29. The molecule has 8 heteroatoms. The average Bonchev–Trinajstić information content (AvgIpc) is 3.11. The van der Waals surface area contributed by atoms with Crippen LogP contribution in [0, 0.1) is 0 Å². The van der Waals surface area contributed by atoms with Crippen molar-refractivity contribution in [3.63, 3.8) is 0 Å². The van der Waals surface area contributed by atoms with Crippen LogP contribution in [-0.2, 0) is 14.3 Å². The van der Waals surface area contributed by atoms with Crippen molar-refractivity contribution in [1.29, 1.82) is 0 Å². The van der Waals surface area contributed by atoms with Crippen molar-refractivity contribution in [3.05, 3.63) is 81.6 Å². The zero-order valence-corrected chi connectivity index (χ0v) is 17.6. The molecule has 0 aliphatic carbocycles. The minimum atomic E-state index is -0.985. The number of rotatable bonds is 2. The molecule has 0 N–H and O–H groups in total. The molecule has 1 aliphatic heterocycles.